The highest BCUT2D eigenvalue weighted by Crippen LogP contribution is 2.36. The number of aryl methyl sites for hydroxylation is 2. The molecule has 1 heterocycles. The Hall–Kier alpha value is -0.830. The van der Waals surface area contributed by atoms with Gasteiger partial charge in [-0.25, -0.2) is 4.98 Å². The number of nitrogens with zero attached hydrogens (tertiary/aromatic N) is 2. The van der Waals surface area contributed by atoms with Gasteiger partial charge in [-0.1, -0.05) is 13.3 Å². The first-order valence-electron chi connectivity index (χ1n) is 8.56. The minimum Gasteiger partial charge on any atom is -0.338 e. The van der Waals surface area contributed by atoms with Crippen molar-refractivity contribution in [3.05, 3.63) is 18.2 Å². The number of imidazole rings is 1. The van der Waals surface area contributed by atoms with Crippen molar-refractivity contribution in [3.8, 4) is 0 Å². The second-order valence-electron chi connectivity index (χ2n) is 8.06. The highest BCUT2D eigenvalue weighted by Gasteiger charge is 2.29. The zero-order valence-electron chi connectivity index (χ0n) is 14.5. The van der Waals surface area contributed by atoms with Crippen LogP contribution in [0, 0.1) is 17.8 Å². The summed E-state index contributed by atoms with van der Waals surface area (Å²) < 4.78 is 2.16. The van der Waals surface area contributed by atoms with E-state index in [-0.39, 0.29) is 5.54 Å². The van der Waals surface area contributed by atoms with Crippen molar-refractivity contribution >= 4 is 0 Å². The molecule has 21 heavy (non-hydrogen) atoms. The van der Waals surface area contributed by atoms with E-state index in [1.165, 1.54) is 38.1 Å². The minimum absolute atomic E-state index is 0.229. The Labute approximate surface area is 130 Å². The summed E-state index contributed by atoms with van der Waals surface area (Å²) >= 11 is 0. The molecule has 0 aliphatic heterocycles. The summed E-state index contributed by atoms with van der Waals surface area (Å²) in [6.45, 7) is 10.4. The number of aromatic nitrogens is 2. The third kappa shape index (κ3) is 5.14. The molecule has 0 spiro atoms. The number of nitrogens with one attached hydrogen (secondary N) is 1. The molecule has 0 saturated heterocycles. The van der Waals surface area contributed by atoms with Crippen LogP contribution in [0.5, 0.6) is 0 Å². The maximum atomic E-state index is 4.48. The van der Waals surface area contributed by atoms with Gasteiger partial charge in [-0.2, -0.15) is 0 Å². The molecule has 1 aliphatic rings. The highest BCUT2D eigenvalue weighted by molar-refractivity contribution is 4.93. The molecule has 3 heteroatoms. The van der Waals surface area contributed by atoms with Gasteiger partial charge >= 0.3 is 0 Å². The van der Waals surface area contributed by atoms with Gasteiger partial charge in [-0.05, 0) is 64.3 Å². The van der Waals surface area contributed by atoms with Crippen LogP contribution in [0.2, 0.25) is 0 Å². The van der Waals surface area contributed by atoms with Crippen molar-refractivity contribution in [1.29, 1.82) is 0 Å². The number of hydrogen-bond acceptors (Lipinski definition) is 2. The molecule has 1 fully saturated rings. The van der Waals surface area contributed by atoms with Gasteiger partial charge in [-0.15, -0.1) is 0 Å². The maximum Gasteiger partial charge on any atom is 0.108 e. The monoisotopic (exact) mass is 291 g/mol. The van der Waals surface area contributed by atoms with Gasteiger partial charge in [0.1, 0.15) is 5.82 Å². The summed E-state index contributed by atoms with van der Waals surface area (Å²) in [6.07, 6.45) is 10.5. The zero-order valence-corrected chi connectivity index (χ0v) is 14.5. The quantitative estimate of drug-likeness (QED) is 0.894. The third-order valence-corrected chi connectivity index (χ3v) is 4.96. The molecule has 0 bridgehead atoms. The Balaban J connectivity index is 1.90. The molecular formula is C18H33N3. The SMILES string of the molecule is CC1CCC(CNC(C)(C)C)C(CCc2nccn2C)C1. The van der Waals surface area contributed by atoms with Gasteiger partial charge in [0.25, 0.3) is 0 Å². The molecule has 0 radical (unpaired) electrons. The highest BCUT2D eigenvalue weighted by atomic mass is 15.0. The molecule has 3 unspecified atom stereocenters. The minimum atomic E-state index is 0.229. The number of rotatable bonds is 5. The van der Waals surface area contributed by atoms with E-state index in [0.29, 0.717) is 0 Å². The maximum absolute atomic E-state index is 4.48. The average molecular weight is 291 g/mol. The summed E-state index contributed by atoms with van der Waals surface area (Å²) in [5.41, 5.74) is 0.229. The van der Waals surface area contributed by atoms with Crippen LogP contribution in [0.4, 0.5) is 0 Å². The lowest BCUT2D eigenvalue weighted by Crippen LogP contribution is -2.42. The first-order chi connectivity index (χ1) is 9.85. The molecule has 0 aromatic carbocycles. The van der Waals surface area contributed by atoms with E-state index in [9.17, 15) is 0 Å². The lowest BCUT2D eigenvalue weighted by atomic mass is 9.72. The molecule has 0 amide bonds. The molecule has 1 aromatic heterocycles. The largest absolute Gasteiger partial charge is 0.338 e. The van der Waals surface area contributed by atoms with E-state index in [1.54, 1.807) is 0 Å². The Morgan fingerprint density at radius 1 is 1.29 bits per heavy atom. The van der Waals surface area contributed by atoms with E-state index < -0.39 is 0 Å². The molecule has 1 aliphatic carbocycles. The van der Waals surface area contributed by atoms with Crippen molar-refractivity contribution < 1.29 is 0 Å². The topological polar surface area (TPSA) is 29.9 Å². The molecule has 3 nitrogen and oxygen atoms in total. The van der Waals surface area contributed by atoms with Gasteiger partial charge in [0, 0.05) is 31.4 Å². The molecule has 3 atom stereocenters. The second-order valence-corrected chi connectivity index (χ2v) is 8.06. The van der Waals surface area contributed by atoms with Gasteiger partial charge in [0.2, 0.25) is 0 Å². The molecule has 120 valence electrons. The fourth-order valence-electron chi connectivity index (χ4n) is 3.57. The van der Waals surface area contributed by atoms with E-state index in [1.807, 2.05) is 6.20 Å². The van der Waals surface area contributed by atoms with Crippen LogP contribution in [0.1, 0.15) is 59.2 Å². The predicted octanol–water partition coefficient (Wildman–Crippen LogP) is 3.79. The summed E-state index contributed by atoms with van der Waals surface area (Å²) in [5, 5.41) is 3.72. The second kappa shape index (κ2) is 6.95. The van der Waals surface area contributed by atoms with Crippen molar-refractivity contribution in [2.24, 2.45) is 24.8 Å². The summed E-state index contributed by atoms with van der Waals surface area (Å²) in [7, 11) is 2.10. The van der Waals surface area contributed by atoms with Crippen LogP contribution < -0.4 is 5.32 Å². The van der Waals surface area contributed by atoms with E-state index in [4.69, 9.17) is 0 Å². The molecular weight excluding hydrogens is 258 g/mol. The molecule has 1 N–H and O–H groups in total. The number of hydrogen-bond donors (Lipinski definition) is 1. The first-order valence-corrected chi connectivity index (χ1v) is 8.56. The standard InChI is InChI=1S/C18H33N3/c1-14-6-7-16(13-20-18(2,3)4)15(12-14)8-9-17-19-10-11-21(17)5/h10-11,14-16,20H,6-9,12-13H2,1-5H3. The normalized spacial score (nSPS) is 27.0. The first kappa shape index (κ1) is 16.5. The Kier molecular flexibility index (Phi) is 5.48. The van der Waals surface area contributed by atoms with Crippen LogP contribution in [-0.4, -0.2) is 21.6 Å². The zero-order chi connectivity index (χ0) is 15.5. The van der Waals surface area contributed by atoms with Crippen molar-refractivity contribution in [2.45, 2.75) is 65.3 Å². The summed E-state index contributed by atoms with van der Waals surface area (Å²) in [4.78, 5) is 4.48. The van der Waals surface area contributed by atoms with Gasteiger partial charge in [0.15, 0.2) is 0 Å². The Morgan fingerprint density at radius 3 is 2.67 bits per heavy atom. The van der Waals surface area contributed by atoms with E-state index >= 15 is 0 Å². The van der Waals surface area contributed by atoms with Gasteiger partial charge in [0.05, 0.1) is 0 Å². The van der Waals surface area contributed by atoms with Gasteiger partial charge in [-0.3, -0.25) is 0 Å². The Bertz CT molecular complexity index is 430. The van der Waals surface area contributed by atoms with Crippen molar-refractivity contribution in [3.63, 3.8) is 0 Å². The van der Waals surface area contributed by atoms with Crippen molar-refractivity contribution in [1.82, 2.24) is 14.9 Å². The van der Waals surface area contributed by atoms with Crippen LogP contribution in [-0.2, 0) is 13.5 Å². The molecule has 1 aromatic rings. The Morgan fingerprint density at radius 2 is 2.05 bits per heavy atom. The predicted molar refractivity (Wildman–Crippen MR) is 89.3 cm³/mol. The molecule has 2 rings (SSSR count). The molecule has 1 saturated carbocycles. The van der Waals surface area contributed by atoms with E-state index in [2.05, 4.69) is 55.8 Å². The fraction of sp³-hybridized carbons (Fsp3) is 0.833. The lowest BCUT2D eigenvalue weighted by molar-refractivity contribution is 0.165. The van der Waals surface area contributed by atoms with Crippen LogP contribution in [0.3, 0.4) is 0 Å². The lowest BCUT2D eigenvalue weighted by Gasteiger charge is -2.37. The van der Waals surface area contributed by atoms with E-state index in [0.717, 1.165) is 24.2 Å². The van der Waals surface area contributed by atoms with Crippen LogP contribution >= 0.6 is 0 Å². The smallest absolute Gasteiger partial charge is 0.108 e. The average Bonchev–Trinajstić information content (AvgIpc) is 2.79. The third-order valence-electron chi connectivity index (χ3n) is 4.96. The van der Waals surface area contributed by atoms with Gasteiger partial charge < -0.3 is 9.88 Å². The van der Waals surface area contributed by atoms with Crippen molar-refractivity contribution in [2.75, 3.05) is 6.54 Å². The summed E-state index contributed by atoms with van der Waals surface area (Å²) in [6, 6.07) is 0. The fourth-order valence-corrected chi connectivity index (χ4v) is 3.57. The van der Waals surface area contributed by atoms with Crippen LogP contribution in [0.25, 0.3) is 0 Å². The van der Waals surface area contributed by atoms with Crippen LogP contribution in [0.15, 0.2) is 12.4 Å². The summed E-state index contributed by atoms with van der Waals surface area (Å²) in [5.74, 6) is 3.80.